The first-order valence-corrected chi connectivity index (χ1v) is 23.6. The van der Waals surface area contributed by atoms with Crippen LogP contribution in [0.25, 0.3) is 116 Å². The zero-order valence-electron chi connectivity index (χ0n) is 38.0. The van der Waals surface area contributed by atoms with E-state index in [0.717, 1.165) is 28.1 Å². The van der Waals surface area contributed by atoms with Crippen LogP contribution in [0.3, 0.4) is 0 Å². The van der Waals surface area contributed by atoms with E-state index in [-0.39, 0.29) is 5.41 Å². The van der Waals surface area contributed by atoms with E-state index in [4.69, 9.17) is 4.98 Å². The van der Waals surface area contributed by atoms with Crippen LogP contribution in [0.15, 0.2) is 243 Å². The largest absolute Gasteiger partial charge is 0.292 e. The normalized spacial score (nSPS) is 12.7. The first kappa shape index (κ1) is 39.7. The van der Waals surface area contributed by atoms with Gasteiger partial charge in [0.15, 0.2) is 0 Å². The smallest absolute Gasteiger partial charge is 0.145 e. The van der Waals surface area contributed by atoms with Crippen LogP contribution < -0.4 is 0 Å². The fraction of sp³-hybridized carbons (Fsp3) is 0.0455. The summed E-state index contributed by atoms with van der Waals surface area (Å²) in [7, 11) is 0. The molecule has 0 spiro atoms. The summed E-state index contributed by atoms with van der Waals surface area (Å²) in [5.41, 5.74) is 21.5. The molecular weight excluding hydrogens is 821 g/mol. The second kappa shape index (κ2) is 15.8. The Morgan fingerprint density at radius 1 is 0.324 bits per heavy atom. The lowest BCUT2D eigenvalue weighted by atomic mass is 9.78. The summed E-state index contributed by atoms with van der Waals surface area (Å²) in [5, 5.41) is 5.01. The van der Waals surface area contributed by atoms with E-state index in [1.54, 1.807) is 0 Å². The summed E-state index contributed by atoms with van der Waals surface area (Å²) >= 11 is 0. The molecule has 0 unspecified atom stereocenters. The lowest BCUT2D eigenvalue weighted by molar-refractivity contribution is 0.661. The van der Waals surface area contributed by atoms with Crippen molar-refractivity contribution in [1.82, 2.24) is 9.55 Å². The first-order chi connectivity index (χ1) is 33.5. The zero-order chi connectivity index (χ0) is 45.3. The summed E-state index contributed by atoms with van der Waals surface area (Å²) < 4.78 is 2.28. The van der Waals surface area contributed by atoms with Crippen molar-refractivity contribution in [2.45, 2.75) is 19.3 Å². The Balaban J connectivity index is 1.04. The molecule has 0 atom stereocenters. The van der Waals surface area contributed by atoms with Gasteiger partial charge < -0.3 is 0 Å². The van der Waals surface area contributed by atoms with Crippen molar-refractivity contribution in [2.24, 2.45) is 0 Å². The van der Waals surface area contributed by atoms with Gasteiger partial charge in [0, 0.05) is 16.7 Å². The Hall–Kier alpha value is -8.59. The number of nitrogens with zero attached hydrogens (tertiary/aromatic N) is 2. The maximum absolute atomic E-state index is 5.21. The second-order valence-electron chi connectivity index (χ2n) is 18.6. The lowest BCUT2D eigenvalue weighted by Gasteiger charge is -2.25. The molecule has 1 aromatic heterocycles. The van der Waals surface area contributed by atoms with E-state index in [0.29, 0.717) is 0 Å². The van der Waals surface area contributed by atoms with Gasteiger partial charge in [-0.3, -0.25) is 4.57 Å². The minimum atomic E-state index is -0.280. The van der Waals surface area contributed by atoms with Gasteiger partial charge in [-0.05, 0) is 148 Å². The second-order valence-corrected chi connectivity index (χ2v) is 18.6. The molecule has 0 fully saturated rings. The fourth-order valence-electron chi connectivity index (χ4n) is 11.2. The maximum atomic E-state index is 5.21. The van der Waals surface area contributed by atoms with Crippen LogP contribution in [0.5, 0.6) is 0 Å². The Labute approximate surface area is 397 Å². The van der Waals surface area contributed by atoms with Gasteiger partial charge in [-0.2, -0.15) is 0 Å². The van der Waals surface area contributed by atoms with Crippen LogP contribution in [0.1, 0.15) is 25.0 Å². The number of rotatable bonds is 7. The molecule has 1 aliphatic rings. The van der Waals surface area contributed by atoms with Crippen LogP contribution in [0, 0.1) is 0 Å². The standard InChI is InChI=1S/C66H46N2/c1-66(2)59-40-46(45-25-20-26-47(39-45)65-67-61-35-18-19-36-62(61)68(65)48-27-10-5-11-28-48)37-38-51(59)56-41-57-58(42-60(56)66)64(53-32-15-13-30-50(53)44-23-8-4-9-24-44)55-34-17-16-33-54(55)63(57)52-31-14-12-29-49(52)43-21-6-3-7-22-43/h3-42H,1-2H3. The van der Waals surface area contributed by atoms with Gasteiger partial charge in [0.1, 0.15) is 5.82 Å². The molecule has 0 radical (unpaired) electrons. The summed E-state index contributed by atoms with van der Waals surface area (Å²) in [6.45, 7) is 4.83. The minimum absolute atomic E-state index is 0.280. The molecule has 0 saturated heterocycles. The number of benzene rings is 11. The number of para-hydroxylation sites is 3. The Bertz CT molecular complexity index is 3920. The van der Waals surface area contributed by atoms with Gasteiger partial charge >= 0.3 is 0 Å². The summed E-state index contributed by atoms with van der Waals surface area (Å²) in [6.07, 6.45) is 0. The summed E-state index contributed by atoms with van der Waals surface area (Å²) in [4.78, 5) is 5.21. The van der Waals surface area contributed by atoms with Gasteiger partial charge in [0.2, 0.25) is 0 Å². The molecule has 2 heteroatoms. The Morgan fingerprint density at radius 3 is 1.46 bits per heavy atom. The fourth-order valence-corrected chi connectivity index (χ4v) is 11.2. The highest BCUT2D eigenvalue weighted by molar-refractivity contribution is 6.24. The van der Waals surface area contributed by atoms with E-state index in [2.05, 4.69) is 261 Å². The third kappa shape index (κ3) is 6.29. The highest BCUT2D eigenvalue weighted by atomic mass is 15.1. The molecule has 0 saturated carbocycles. The lowest BCUT2D eigenvalue weighted by Crippen LogP contribution is -2.15. The Kier molecular flexibility index (Phi) is 9.23. The topological polar surface area (TPSA) is 17.8 Å². The van der Waals surface area contributed by atoms with Crippen LogP contribution in [0.4, 0.5) is 0 Å². The highest BCUT2D eigenvalue weighted by Crippen LogP contribution is 2.55. The third-order valence-corrected chi connectivity index (χ3v) is 14.4. The van der Waals surface area contributed by atoms with E-state index in [1.165, 1.54) is 99.4 Å². The van der Waals surface area contributed by atoms with Crippen LogP contribution in [-0.4, -0.2) is 9.55 Å². The molecule has 0 bridgehead atoms. The molecule has 0 aliphatic heterocycles. The molecule has 1 heterocycles. The van der Waals surface area contributed by atoms with E-state index in [1.807, 2.05) is 0 Å². The van der Waals surface area contributed by atoms with Crippen molar-refractivity contribution in [2.75, 3.05) is 0 Å². The predicted molar refractivity (Wildman–Crippen MR) is 286 cm³/mol. The van der Waals surface area contributed by atoms with E-state index >= 15 is 0 Å². The molecule has 12 aromatic rings. The molecule has 0 amide bonds. The average molecular weight is 867 g/mol. The van der Waals surface area contributed by atoms with Crippen LogP contribution in [0.2, 0.25) is 0 Å². The van der Waals surface area contributed by atoms with Crippen molar-refractivity contribution in [3.8, 4) is 83.8 Å². The average Bonchev–Trinajstić information content (AvgIpc) is 3.90. The van der Waals surface area contributed by atoms with Crippen LogP contribution >= 0.6 is 0 Å². The van der Waals surface area contributed by atoms with Gasteiger partial charge in [0.25, 0.3) is 0 Å². The van der Waals surface area contributed by atoms with Gasteiger partial charge in [-0.1, -0.05) is 208 Å². The van der Waals surface area contributed by atoms with Crippen molar-refractivity contribution >= 4 is 32.6 Å². The number of aromatic nitrogens is 2. The van der Waals surface area contributed by atoms with Crippen LogP contribution in [-0.2, 0) is 5.41 Å². The van der Waals surface area contributed by atoms with Crippen molar-refractivity contribution in [3.63, 3.8) is 0 Å². The number of fused-ring (bicyclic) bond motifs is 6. The summed E-state index contributed by atoms with van der Waals surface area (Å²) in [5.74, 6) is 0.932. The number of imidazole rings is 1. The molecule has 320 valence electrons. The molecule has 0 N–H and O–H groups in total. The molecule has 13 rings (SSSR count). The van der Waals surface area contributed by atoms with Crippen molar-refractivity contribution in [3.05, 3.63) is 254 Å². The van der Waals surface area contributed by atoms with Gasteiger partial charge in [-0.25, -0.2) is 4.98 Å². The van der Waals surface area contributed by atoms with Crippen molar-refractivity contribution < 1.29 is 0 Å². The van der Waals surface area contributed by atoms with E-state index in [9.17, 15) is 0 Å². The molecule has 68 heavy (non-hydrogen) atoms. The highest BCUT2D eigenvalue weighted by Gasteiger charge is 2.37. The predicted octanol–water partition coefficient (Wildman–Crippen LogP) is 17.6. The van der Waals surface area contributed by atoms with Gasteiger partial charge in [-0.15, -0.1) is 0 Å². The maximum Gasteiger partial charge on any atom is 0.145 e. The molecule has 11 aromatic carbocycles. The Morgan fingerprint density at radius 2 is 0.809 bits per heavy atom. The SMILES string of the molecule is CC1(C)c2cc(-c3cccc(-c4nc5ccccc5n4-c4ccccc4)c3)ccc2-c2cc3c(-c4ccccc4-c4ccccc4)c4ccccc4c(-c4ccccc4-c4ccccc4)c3cc21. The molecule has 2 nitrogen and oxygen atoms in total. The quantitative estimate of drug-likeness (QED) is 0.146. The van der Waals surface area contributed by atoms with Gasteiger partial charge in [0.05, 0.1) is 11.0 Å². The monoisotopic (exact) mass is 866 g/mol. The molecular formula is C66H46N2. The minimum Gasteiger partial charge on any atom is -0.292 e. The third-order valence-electron chi connectivity index (χ3n) is 14.4. The number of hydrogen-bond acceptors (Lipinski definition) is 1. The van der Waals surface area contributed by atoms with E-state index < -0.39 is 0 Å². The summed E-state index contributed by atoms with van der Waals surface area (Å²) in [6, 6.07) is 88.8. The first-order valence-electron chi connectivity index (χ1n) is 23.6. The molecule has 1 aliphatic carbocycles. The number of hydrogen-bond donors (Lipinski definition) is 0. The van der Waals surface area contributed by atoms with Crippen molar-refractivity contribution in [1.29, 1.82) is 0 Å². The zero-order valence-corrected chi connectivity index (χ0v) is 38.0.